The van der Waals surface area contributed by atoms with Crippen LogP contribution in [0, 0.1) is 27.3 Å². The Bertz CT molecular complexity index is 608. The number of benzene rings is 1. The number of nitrogens with zero attached hydrogens (tertiary/aromatic N) is 2. The molecule has 0 bridgehead atoms. The predicted octanol–water partition coefficient (Wildman–Crippen LogP) is 1.86. The second-order valence-corrected chi connectivity index (χ2v) is 5.48. The second kappa shape index (κ2) is 5.46. The maximum Gasteiger partial charge on any atom is 0.272 e. The Labute approximate surface area is 118 Å². The van der Waals surface area contributed by atoms with E-state index in [4.69, 9.17) is 5.26 Å². The van der Waals surface area contributed by atoms with Crippen LogP contribution in [0.15, 0.2) is 18.2 Å². The van der Waals surface area contributed by atoms with Gasteiger partial charge in [0.1, 0.15) is 11.4 Å². The number of carbonyl (C=O) groups excluding carboxylic acids is 1. The summed E-state index contributed by atoms with van der Waals surface area (Å²) in [6.07, 6.45) is 0.495. The summed E-state index contributed by atoms with van der Waals surface area (Å²) in [5.41, 5.74) is -1.72. The molecule has 1 aliphatic rings. The molecule has 0 aromatic heterocycles. The first-order valence-electron chi connectivity index (χ1n) is 5.73. The van der Waals surface area contributed by atoms with Crippen molar-refractivity contribution in [2.24, 2.45) is 0 Å². The summed E-state index contributed by atoms with van der Waals surface area (Å²) < 4.78 is 13.7. The van der Waals surface area contributed by atoms with Crippen LogP contribution in [0.3, 0.4) is 0 Å². The number of nitro groups is 1. The molecule has 1 fully saturated rings. The zero-order valence-corrected chi connectivity index (χ0v) is 11.1. The maximum atomic E-state index is 13.7. The van der Waals surface area contributed by atoms with Crippen LogP contribution in [0.4, 0.5) is 10.1 Å². The number of amides is 1. The molecule has 1 aromatic rings. The number of halogens is 1. The Morgan fingerprint density at radius 1 is 1.60 bits per heavy atom. The van der Waals surface area contributed by atoms with Gasteiger partial charge in [-0.25, -0.2) is 4.39 Å². The van der Waals surface area contributed by atoms with Gasteiger partial charge in [-0.15, -0.1) is 0 Å². The van der Waals surface area contributed by atoms with Gasteiger partial charge in [-0.3, -0.25) is 14.9 Å². The Balaban J connectivity index is 2.22. The molecule has 2 rings (SSSR count). The fourth-order valence-corrected chi connectivity index (χ4v) is 3.13. The van der Waals surface area contributed by atoms with Gasteiger partial charge in [-0.1, -0.05) is 0 Å². The number of nitro benzene ring substituents is 1. The highest BCUT2D eigenvalue weighted by Gasteiger charge is 2.36. The van der Waals surface area contributed by atoms with Gasteiger partial charge < -0.3 is 5.32 Å². The smallest absolute Gasteiger partial charge is 0.272 e. The maximum absolute atomic E-state index is 13.7. The van der Waals surface area contributed by atoms with Crippen LogP contribution in [-0.4, -0.2) is 27.9 Å². The lowest BCUT2D eigenvalue weighted by molar-refractivity contribution is -0.385. The molecule has 20 heavy (non-hydrogen) atoms. The van der Waals surface area contributed by atoms with E-state index in [1.165, 1.54) is 11.8 Å². The third-order valence-electron chi connectivity index (χ3n) is 3.00. The van der Waals surface area contributed by atoms with Gasteiger partial charge in [-0.05, 0) is 18.2 Å². The van der Waals surface area contributed by atoms with Gasteiger partial charge in [0.2, 0.25) is 0 Å². The van der Waals surface area contributed by atoms with Crippen molar-refractivity contribution >= 4 is 23.4 Å². The van der Waals surface area contributed by atoms with Crippen molar-refractivity contribution in [3.8, 4) is 6.07 Å². The fourth-order valence-electron chi connectivity index (χ4n) is 1.87. The van der Waals surface area contributed by atoms with E-state index in [0.29, 0.717) is 18.2 Å². The van der Waals surface area contributed by atoms with Gasteiger partial charge in [0.25, 0.3) is 11.6 Å². The minimum Gasteiger partial charge on any atom is -0.333 e. The van der Waals surface area contributed by atoms with E-state index in [9.17, 15) is 19.3 Å². The molecule has 1 saturated heterocycles. The third-order valence-corrected chi connectivity index (χ3v) is 4.19. The van der Waals surface area contributed by atoms with Gasteiger partial charge in [0.05, 0.1) is 22.6 Å². The number of hydrogen-bond donors (Lipinski definition) is 1. The van der Waals surface area contributed by atoms with E-state index in [0.717, 1.165) is 17.9 Å². The van der Waals surface area contributed by atoms with Crippen LogP contribution in [0.2, 0.25) is 0 Å². The topological polar surface area (TPSA) is 96.0 Å². The van der Waals surface area contributed by atoms with Gasteiger partial charge in [0.15, 0.2) is 0 Å². The first-order chi connectivity index (χ1) is 9.47. The molecule has 8 heteroatoms. The summed E-state index contributed by atoms with van der Waals surface area (Å²) in [5, 5.41) is 22.2. The van der Waals surface area contributed by atoms with Gasteiger partial charge in [-0.2, -0.15) is 17.0 Å². The molecule has 6 nitrogen and oxygen atoms in total. The third kappa shape index (κ3) is 2.72. The standard InChI is InChI=1S/C12H10FN3O3S/c13-10-5-8(16(18)19)1-2-9(10)11(17)15-12(6-14)3-4-20-7-12/h1-2,5H,3-4,7H2,(H,15,17). The Hall–Kier alpha value is -2.14. The number of hydrogen-bond acceptors (Lipinski definition) is 5. The first-order valence-corrected chi connectivity index (χ1v) is 6.88. The van der Waals surface area contributed by atoms with Gasteiger partial charge >= 0.3 is 0 Å². The lowest BCUT2D eigenvalue weighted by Gasteiger charge is -2.21. The van der Waals surface area contributed by atoms with Crippen LogP contribution < -0.4 is 5.32 Å². The molecule has 0 spiro atoms. The predicted molar refractivity (Wildman–Crippen MR) is 70.8 cm³/mol. The van der Waals surface area contributed by atoms with Crippen LogP contribution in [-0.2, 0) is 0 Å². The Morgan fingerprint density at radius 3 is 2.85 bits per heavy atom. The van der Waals surface area contributed by atoms with Crippen molar-refractivity contribution in [3.05, 3.63) is 39.7 Å². The molecular formula is C12H10FN3O3S. The number of thioether (sulfide) groups is 1. The minimum atomic E-state index is -0.990. The van der Waals surface area contributed by atoms with Crippen molar-refractivity contribution in [1.82, 2.24) is 5.32 Å². The molecular weight excluding hydrogens is 285 g/mol. The van der Waals surface area contributed by atoms with Crippen molar-refractivity contribution < 1.29 is 14.1 Å². The molecule has 0 aliphatic carbocycles. The zero-order valence-electron chi connectivity index (χ0n) is 10.3. The summed E-state index contributed by atoms with van der Waals surface area (Å²) >= 11 is 1.53. The highest BCUT2D eigenvalue weighted by Crippen LogP contribution is 2.28. The molecule has 0 radical (unpaired) electrons. The monoisotopic (exact) mass is 295 g/mol. The SMILES string of the molecule is N#CC1(NC(=O)c2ccc([N+](=O)[O-])cc2F)CCSC1. The van der Waals surface area contributed by atoms with Crippen molar-refractivity contribution in [3.63, 3.8) is 0 Å². The molecule has 1 aromatic carbocycles. The van der Waals surface area contributed by atoms with E-state index in [1.807, 2.05) is 6.07 Å². The van der Waals surface area contributed by atoms with E-state index >= 15 is 0 Å². The summed E-state index contributed by atoms with van der Waals surface area (Å²) in [7, 11) is 0. The second-order valence-electron chi connectivity index (χ2n) is 4.37. The first kappa shape index (κ1) is 14.3. The highest BCUT2D eigenvalue weighted by molar-refractivity contribution is 7.99. The number of rotatable bonds is 3. The Kier molecular flexibility index (Phi) is 3.90. The summed E-state index contributed by atoms with van der Waals surface area (Å²) in [6, 6.07) is 4.84. The van der Waals surface area contributed by atoms with Gasteiger partial charge in [0, 0.05) is 11.8 Å². The van der Waals surface area contributed by atoms with Crippen LogP contribution >= 0.6 is 11.8 Å². The van der Waals surface area contributed by atoms with Crippen molar-refractivity contribution in [2.45, 2.75) is 12.0 Å². The number of nitrogens with one attached hydrogen (secondary N) is 1. The number of nitriles is 1. The lowest BCUT2D eigenvalue weighted by Crippen LogP contribution is -2.47. The van der Waals surface area contributed by atoms with E-state index in [-0.39, 0.29) is 5.56 Å². The molecule has 1 aliphatic heterocycles. The average Bonchev–Trinajstić information content (AvgIpc) is 2.87. The number of carbonyl (C=O) groups is 1. The van der Waals surface area contributed by atoms with E-state index < -0.39 is 27.9 Å². The van der Waals surface area contributed by atoms with Crippen LogP contribution in [0.1, 0.15) is 16.8 Å². The molecule has 1 heterocycles. The summed E-state index contributed by atoms with van der Waals surface area (Å²) in [6.45, 7) is 0. The molecule has 1 atom stereocenters. The van der Waals surface area contributed by atoms with E-state index in [1.54, 1.807) is 0 Å². The molecule has 1 N–H and O–H groups in total. The molecule has 104 valence electrons. The highest BCUT2D eigenvalue weighted by atomic mass is 32.2. The molecule has 1 unspecified atom stereocenters. The average molecular weight is 295 g/mol. The van der Waals surface area contributed by atoms with Crippen molar-refractivity contribution in [2.75, 3.05) is 11.5 Å². The zero-order chi connectivity index (χ0) is 14.8. The summed E-state index contributed by atoms with van der Waals surface area (Å²) in [4.78, 5) is 21.7. The normalized spacial score (nSPS) is 21.2. The summed E-state index contributed by atoms with van der Waals surface area (Å²) in [5.74, 6) is -0.516. The molecule has 0 saturated carbocycles. The number of non-ortho nitro benzene ring substituents is 1. The van der Waals surface area contributed by atoms with E-state index in [2.05, 4.69) is 5.32 Å². The van der Waals surface area contributed by atoms with Crippen LogP contribution in [0.25, 0.3) is 0 Å². The largest absolute Gasteiger partial charge is 0.333 e. The van der Waals surface area contributed by atoms with Crippen molar-refractivity contribution in [1.29, 1.82) is 5.26 Å². The quantitative estimate of drug-likeness (QED) is 0.678. The lowest BCUT2D eigenvalue weighted by atomic mass is 10.0. The molecule has 1 amide bonds. The fraction of sp³-hybridized carbons (Fsp3) is 0.333. The Morgan fingerprint density at radius 2 is 2.35 bits per heavy atom. The van der Waals surface area contributed by atoms with Crippen LogP contribution in [0.5, 0.6) is 0 Å². The minimum absolute atomic E-state index is 0.304.